The average molecular weight is 385 g/mol. The first-order valence-corrected chi connectivity index (χ1v) is 10.1. The summed E-state index contributed by atoms with van der Waals surface area (Å²) in [6.07, 6.45) is 4.47. The van der Waals surface area contributed by atoms with E-state index in [1.807, 2.05) is 18.2 Å². The van der Waals surface area contributed by atoms with Crippen LogP contribution >= 0.6 is 0 Å². The smallest absolute Gasteiger partial charge is 0.281 e. The van der Waals surface area contributed by atoms with Gasteiger partial charge in [0.15, 0.2) is 5.03 Å². The van der Waals surface area contributed by atoms with Gasteiger partial charge in [0.25, 0.3) is 10.0 Å². The van der Waals surface area contributed by atoms with Crippen LogP contribution in [0, 0.1) is 6.92 Å². The van der Waals surface area contributed by atoms with E-state index in [0.29, 0.717) is 30.1 Å². The van der Waals surface area contributed by atoms with Crippen molar-refractivity contribution >= 4 is 32.3 Å². The number of nitrogens with zero attached hydrogens (tertiary/aromatic N) is 4. The Morgan fingerprint density at radius 3 is 2.59 bits per heavy atom. The molecule has 0 aliphatic carbocycles. The molecule has 0 bridgehead atoms. The normalized spacial score (nSPS) is 15.1. The van der Waals surface area contributed by atoms with Crippen molar-refractivity contribution in [1.82, 2.24) is 15.0 Å². The molecule has 0 atom stereocenters. The minimum Gasteiger partial charge on any atom is -0.378 e. The molecule has 1 aromatic carbocycles. The summed E-state index contributed by atoms with van der Waals surface area (Å²) in [5.41, 5.74) is 2.35. The van der Waals surface area contributed by atoms with Crippen LogP contribution in [0.4, 0.5) is 11.4 Å². The Bertz CT molecular complexity index is 1080. The number of rotatable bonds is 4. The van der Waals surface area contributed by atoms with E-state index in [1.165, 1.54) is 12.4 Å². The first kappa shape index (κ1) is 17.6. The first-order valence-electron chi connectivity index (χ1n) is 8.57. The molecule has 1 fully saturated rings. The Balaban J connectivity index is 1.76. The van der Waals surface area contributed by atoms with Gasteiger partial charge in [-0.05, 0) is 31.2 Å². The van der Waals surface area contributed by atoms with Gasteiger partial charge in [0.1, 0.15) is 0 Å². The third-order valence-corrected chi connectivity index (χ3v) is 5.83. The molecule has 9 heteroatoms. The maximum atomic E-state index is 12.8. The van der Waals surface area contributed by atoms with Crippen LogP contribution in [0.5, 0.6) is 0 Å². The number of fused-ring (bicyclic) bond motifs is 1. The van der Waals surface area contributed by atoms with Gasteiger partial charge in [-0.1, -0.05) is 0 Å². The molecule has 8 nitrogen and oxygen atoms in total. The summed E-state index contributed by atoms with van der Waals surface area (Å²) < 4.78 is 33.6. The van der Waals surface area contributed by atoms with Gasteiger partial charge in [-0.3, -0.25) is 14.7 Å². The van der Waals surface area contributed by atoms with Crippen LogP contribution in [0.3, 0.4) is 0 Å². The number of aryl methyl sites for hydroxylation is 1. The number of aromatic nitrogens is 3. The van der Waals surface area contributed by atoms with Crippen molar-refractivity contribution in [3.05, 3.63) is 48.5 Å². The van der Waals surface area contributed by atoms with Crippen LogP contribution in [0.1, 0.15) is 5.69 Å². The van der Waals surface area contributed by atoms with Crippen molar-refractivity contribution in [1.29, 1.82) is 0 Å². The fourth-order valence-electron chi connectivity index (χ4n) is 3.17. The van der Waals surface area contributed by atoms with Crippen molar-refractivity contribution in [3.8, 4) is 0 Å². The zero-order chi connectivity index (χ0) is 18.9. The van der Waals surface area contributed by atoms with Crippen LogP contribution in [0.25, 0.3) is 10.9 Å². The summed E-state index contributed by atoms with van der Waals surface area (Å²) in [5, 5.41) is 0.793. The monoisotopic (exact) mass is 385 g/mol. The van der Waals surface area contributed by atoms with E-state index in [4.69, 9.17) is 4.74 Å². The summed E-state index contributed by atoms with van der Waals surface area (Å²) in [7, 11) is -3.87. The zero-order valence-corrected chi connectivity index (χ0v) is 15.6. The van der Waals surface area contributed by atoms with Crippen LogP contribution in [-0.2, 0) is 14.8 Å². The summed E-state index contributed by atoms with van der Waals surface area (Å²) in [5.74, 6) is 0. The van der Waals surface area contributed by atoms with E-state index in [9.17, 15) is 8.42 Å². The average Bonchev–Trinajstić information content (AvgIpc) is 2.69. The number of nitrogens with one attached hydrogen (secondary N) is 1. The Hall–Kier alpha value is -2.78. The van der Waals surface area contributed by atoms with E-state index < -0.39 is 10.0 Å². The molecule has 3 heterocycles. The number of ether oxygens (including phenoxy) is 1. The van der Waals surface area contributed by atoms with Crippen molar-refractivity contribution in [2.75, 3.05) is 35.9 Å². The largest absolute Gasteiger partial charge is 0.378 e. The lowest BCUT2D eigenvalue weighted by Gasteiger charge is -2.30. The van der Waals surface area contributed by atoms with Crippen LogP contribution in [0.2, 0.25) is 0 Å². The summed E-state index contributed by atoms with van der Waals surface area (Å²) in [4.78, 5) is 14.6. The molecular weight excluding hydrogens is 366 g/mol. The van der Waals surface area contributed by atoms with Gasteiger partial charge < -0.3 is 9.64 Å². The minimum atomic E-state index is -3.87. The molecule has 0 saturated carbocycles. The number of hydrogen-bond acceptors (Lipinski definition) is 7. The van der Waals surface area contributed by atoms with E-state index in [-0.39, 0.29) is 5.03 Å². The molecule has 0 spiro atoms. The number of pyridine rings is 1. The van der Waals surface area contributed by atoms with Gasteiger partial charge in [0.05, 0.1) is 30.1 Å². The number of hydrogen-bond donors (Lipinski definition) is 1. The van der Waals surface area contributed by atoms with Crippen LogP contribution in [-0.4, -0.2) is 49.7 Å². The lowest BCUT2D eigenvalue weighted by atomic mass is 10.1. The van der Waals surface area contributed by atoms with Crippen LogP contribution in [0.15, 0.2) is 47.9 Å². The molecule has 140 valence electrons. The first-order chi connectivity index (χ1) is 13.1. The number of benzene rings is 1. The fraction of sp³-hybridized carbons (Fsp3) is 0.278. The SMILES string of the molecule is Cc1nccnc1S(=O)(=O)Nc1ccc(N2CCOCC2)c2cccnc12. The molecule has 1 aliphatic rings. The van der Waals surface area contributed by atoms with Gasteiger partial charge in [-0.2, -0.15) is 8.42 Å². The molecule has 2 aromatic heterocycles. The number of morpholine rings is 1. The predicted octanol–water partition coefficient (Wildman–Crippen LogP) is 1.97. The van der Waals surface area contributed by atoms with Crippen LogP contribution < -0.4 is 9.62 Å². The lowest BCUT2D eigenvalue weighted by Crippen LogP contribution is -2.36. The van der Waals surface area contributed by atoms with Crippen molar-refractivity contribution < 1.29 is 13.2 Å². The molecule has 3 aromatic rings. The summed E-state index contributed by atoms with van der Waals surface area (Å²) in [6.45, 7) is 4.52. The number of anilines is 2. The highest BCUT2D eigenvalue weighted by atomic mass is 32.2. The fourth-order valence-corrected chi connectivity index (χ4v) is 4.36. The molecule has 1 aliphatic heterocycles. The van der Waals surface area contributed by atoms with Gasteiger partial charge in [0, 0.05) is 42.8 Å². The standard InChI is InChI=1S/C18H19N5O3S/c1-13-18(21-8-7-19-13)27(24,25)22-15-4-5-16(23-9-11-26-12-10-23)14-3-2-6-20-17(14)15/h2-8,22H,9-12H2,1H3. The third kappa shape index (κ3) is 3.43. The quantitative estimate of drug-likeness (QED) is 0.733. The summed E-state index contributed by atoms with van der Waals surface area (Å²) in [6, 6.07) is 7.44. The molecule has 27 heavy (non-hydrogen) atoms. The molecular formula is C18H19N5O3S. The second kappa shape index (κ2) is 7.09. The van der Waals surface area contributed by atoms with E-state index in [0.717, 1.165) is 24.2 Å². The summed E-state index contributed by atoms with van der Waals surface area (Å²) >= 11 is 0. The molecule has 0 radical (unpaired) electrons. The molecule has 0 unspecified atom stereocenters. The Labute approximate surface area is 157 Å². The maximum Gasteiger partial charge on any atom is 0.281 e. The minimum absolute atomic E-state index is 0.0914. The molecule has 1 N–H and O–H groups in total. The van der Waals surface area contributed by atoms with Gasteiger partial charge in [-0.15, -0.1) is 0 Å². The Kier molecular flexibility index (Phi) is 4.63. The highest BCUT2D eigenvalue weighted by Gasteiger charge is 2.22. The van der Waals surface area contributed by atoms with Gasteiger partial charge in [0.2, 0.25) is 0 Å². The molecule has 1 saturated heterocycles. The predicted molar refractivity (Wildman–Crippen MR) is 102 cm³/mol. The van der Waals surface area contributed by atoms with Gasteiger partial charge in [-0.25, -0.2) is 4.98 Å². The molecule has 4 rings (SSSR count). The van der Waals surface area contributed by atoms with E-state index in [1.54, 1.807) is 19.2 Å². The topological polar surface area (TPSA) is 97.3 Å². The second-order valence-corrected chi connectivity index (χ2v) is 7.78. The van der Waals surface area contributed by atoms with Gasteiger partial charge >= 0.3 is 0 Å². The van der Waals surface area contributed by atoms with E-state index >= 15 is 0 Å². The zero-order valence-electron chi connectivity index (χ0n) is 14.8. The highest BCUT2D eigenvalue weighted by molar-refractivity contribution is 7.92. The number of sulfonamides is 1. The molecule has 0 amide bonds. The lowest BCUT2D eigenvalue weighted by molar-refractivity contribution is 0.123. The third-order valence-electron chi connectivity index (χ3n) is 4.43. The van der Waals surface area contributed by atoms with E-state index in [2.05, 4.69) is 24.6 Å². The van der Waals surface area contributed by atoms with Crippen molar-refractivity contribution in [3.63, 3.8) is 0 Å². The second-order valence-electron chi connectivity index (χ2n) is 6.18. The Morgan fingerprint density at radius 2 is 1.81 bits per heavy atom. The maximum absolute atomic E-state index is 12.8. The van der Waals surface area contributed by atoms with Crippen molar-refractivity contribution in [2.24, 2.45) is 0 Å². The highest BCUT2D eigenvalue weighted by Crippen LogP contribution is 2.32. The Morgan fingerprint density at radius 1 is 1.04 bits per heavy atom. The van der Waals surface area contributed by atoms with Crippen molar-refractivity contribution in [2.45, 2.75) is 11.9 Å².